The van der Waals surface area contributed by atoms with Gasteiger partial charge in [0.25, 0.3) is 11.8 Å². The van der Waals surface area contributed by atoms with Crippen molar-refractivity contribution in [2.75, 3.05) is 23.9 Å². The molecule has 0 aliphatic carbocycles. The van der Waals surface area contributed by atoms with Crippen LogP contribution in [0, 0.1) is 0 Å². The highest BCUT2D eigenvalue weighted by molar-refractivity contribution is 9.10. The number of nitrogens with zero attached hydrogens (tertiary/aromatic N) is 2. The fourth-order valence-corrected chi connectivity index (χ4v) is 4.07. The van der Waals surface area contributed by atoms with Crippen molar-refractivity contribution in [3.63, 3.8) is 0 Å². The number of halogens is 2. The van der Waals surface area contributed by atoms with Crippen molar-refractivity contribution in [2.24, 2.45) is 0 Å². The molecule has 8 heteroatoms. The minimum absolute atomic E-state index is 0.0214. The van der Waals surface area contributed by atoms with Crippen molar-refractivity contribution in [1.29, 1.82) is 0 Å². The average Bonchev–Trinajstić information content (AvgIpc) is 2.58. The lowest BCUT2D eigenvalue weighted by Gasteiger charge is -2.29. The molecule has 138 valence electrons. The second kappa shape index (κ2) is 7.92. The Balaban J connectivity index is 2.00. The number of nitrogens with one attached hydrogen (secondary N) is 1. The van der Waals surface area contributed by atoms with Crippen LogP contribution in [0.25, 0.3) is 6.08 Å². The Hall–Kier alpha value is -2.03. The number of hydrogen-bond donors (Lipinski definition) is 1. The first-order chi connectivity index (χ1) is 12.8. The zero-order valence-electron chi connectivity index (χ0n) is 14.5. The molecule has 2 aromatic rings. The van der Waals surface area contributed by atoms with Crippen LogP contribution in [0.15, 0.2) is 57.0 Å². The predicted molar refractivity (Wildman–Crippen MR) is 119 cm³/mol. The number of hydrogen-bond acceptors (Lipinski definition) is 4. The zero-order valence-corrected chi connectivity index (χ0v) is 18.5. The highest BCUT2D eigenvalue weighted by Gasteiger charge is 2.34. The first-order valence-electron chi connectivity index (χ1n) is 7.92. The molecular weight excluding hydrogens is 494 g/mol. The molecule has 27 heavy (non-hydrogen) atoms. The van der Waals surface area contributed by atoms with Crippen LogP contribution in [0.2, 0.25) is 0 Å². The number of anilines is 2. The van der Waals surface area contributed by atoms with Crippen molar-refractivity contribution < 1.29 is 9.59 Å². The van der Waals surface area contributed by atoms with Crippen LogP contribution in [0.4, 0.5) is 11.4 Å². The molecule has 0 spiro atoms. The van der Waals surface area contributed by atoms with Gasteiger partial charge < -0.3 is 4.90 Å². The van der Waals surface area contributed by atoms with Crippen molar-refractivity contribution in [2.45, 2.75) is 0 Å². The van der Waals surface area contributed by atoms with Crippen LogP contribution in [0.1, 0.15) is 5.56 Å². The summed E-state index contributed by atoms with van der Waals surface area (Å²) in [5.74, 6) is -0.973. The summed E-state index contributed by atoms with van der Waals surface area (Å²) in [4.78, 5) is 28.7. The van der Waals surface area contributed by atoms with Crippen LogP contribution in [-0.2, 0) is 9.59 Å². The Bertz CT molecular complexity index is 989. The lowest BCUT2D eigenvalue weighted by atomic mass is 10.1. The molecule has 1 N–H and O–H groups in total. The van der Waals surface area contributed by atoms with Gasteiger partial charge in [-0.2, -0.15) is 0 Å². The lowest BCUT2D eigenvalue weighted by molar-refractivity contribution is -0.122. The molecule has 2 amide bonds. The smallest absolute Gasteiger partial charge is 0.270 e. The summed E-state index contributed by atoms with van der Waals surface area (Å²) in [6.07, 6.45) is 1.56. The van der Waals surface area contributed by atoms with Crippen LogP contribution in [-0.4, -0.2) is 31.0 Å². The topological polar surface area (TPSA) is 52.7 Å². The van der Waals surface area contributed by atoms with E-state index in [4.69, 9.17) is 12.2 Å². The largest absolute Gasteiger partial charge is 0.377 e. The number of thiocarbonyl (C=S) groups is 1. The average molecular weight is 509 g/mol. The summed E-state index contributed by atoms with van der Waals surface area (Å²) in [7, 11) is 3.88. The highest BCUT2D eigenvalue weighted by Crippen LogP contribution is 2.28. The maximum Gasteiger partial charge on any atom is 0.270 e. The Morgan fingerprint density at radius 2 is 1.85 bits per heavy atom. The molecule has 0 bridgehead atoms. The third-order valence-electron chi connectivity index (χ3n) is 3.93. The van der Waals surface area contributed by atoms with Gasteiger partial charge in [-0.15, -0.1) is 0 Å². The minimum Gasteiger partial charge on any atom is -0.377 e. The standard InChI is InChI=1S/C19H15Br2N3O2S/c1-23(2)16-7-6-11(9-15(16)21)8-14-17(25)22-19(27)24(18(14)26)13-5-3-4-12(20)10-13/h3-10H,1-2H3,(H,22,25,27). The molecule has 5 nitrogen and oxygen atoms in total. The Morgan fingerprint density at radius 3 is 2.48 bits per heavy atom. The number of benzene rings is 2. The highest BCUT2D eigenvalue weighted by atomic mass is 79.9. The van der Waals surface area contributed by atoms with Gasteiger partial charge in [-0.1, -0.05) is 28.1 Å². The predicted octanol–water partition coefficient (Wildman–Crippen LogP) is 4.11. The van der Waals surface area contributed by atoms with E-state index >= 15 is 0 Å². The van der Waals surface area contributed by atoms with Gasteiger partial charge in [0.15, 0.2) is 5.11 Å². The van der Waals surface area contributed by atoms with E-state index in [1.807, 2.05) is 43.3 Å². The molecule has 1 aliphatic rings. The van der Waals surface area contributed by atoms with E-state index in [0.717, 1.165) is 20.2 Å². The van der Waals surface area contributed by atoms with Gasteiger partial charge in [0.1, 0.15) is 5.57 Å². The third kappa shape index (κ3) is 4.12. The van der Waals surface area contributed by atoms with Gasteiger partial charge in [0.2, 0.25) is 0 Å². The van der Waals surface area contributed by atoms with Crippen LogP contribution < -0.4 is 15.1 Å². The maximum absolute atomic E-state index is 13.0. The molecule has 0 atom stereocenters. The van der Waals surface area contributed by atoms with Crippen molar-refractivity contribution in [1.82, 2.24) is 5.32 Å². The van der Waals surface area contributed by atoms with Gasteiger partial charge in [0.05, 0.1) is 11.4 Å². The van der Waals surface area contributed by atoms with E-state index < -0.39 is 11.8 Å². The molecule has 2 aromatic carbocycles. The molecule has 1 fully saturated rings. The molecular formula is C19H15Br2N3O2S. The van der Waals surface area contributed by atoms with Crippen molar-refractivity contribution in [3.8, 4) is 0 Å². The van der Waals surface area contributed by atoms with Crippen LogP contribution >= 0.6 is 44.1 Å². The van der Waals surface area contributed by atoms with E-state index in [2.05, 4.69) is 37.2 Å². The monoisotopic (exact) mass is 507 g/mol. The van der Waals surface area contributed by atoms with Gasteiger partial charge in [-0.05, 0) is 70.1 Å². The second-order valence-corrected chi connectivity index (χ2v) is 8.20. The Kier molecular flexibility index (Phi) is 5.78. The fraction of sp³-hybridized carbons (Fsp3) is 0.105. The van der Waals surface area contributed by atoms with Crippen molar-refractivity contribution >= 4 is 78.5 Å². The molecule has 1 aliphatic heterocycles. The Morgan fingerprint density at radius 1 is 1.11 bits per heavy atom. The van der Waals surface area contributed by atoms with Gasteiger partial charge in [-0.3, -0.25) is 19.8 Å². The van der Waals surface area contributed by atoms with Gasteiger partial charge >= 0.3 is 0 Å². The third-order valence-corrected chi connectivity index (χ3v) is 5.35. The number of carbonyl (C=O) groups is 2. The van der Waals surface area contributed by atoms with E-state index in [-0.39, 0.29) is 10.7 Å². The summed E-state index contributed by atoms with van der Waals surface area (Å²) in [5, 5.41) is 2.65. The van der Waals surface area contributed by atoms with E-state index in [1.54, 1.807) is 24.3 Å². The molecule has 3 rings (SSSR count). The van der Waals surface area contributed by atoms with Crippen LogP contribution in [0.5, 0.6) is 0 Å². The minimum atomic E-state index is -0.510. The summed E-state index contributed by atoms with van der Waals surface area (Å²) in [6, 6.07) is 12.8. The normalized spacial score (nSPS) is 15.9. The van der Waals surface area contributed by atoms with Gasteiger partial charge in [0, 0.05) is 23.0 Å². The van der Waals surface area contributed by atoms with Crippen molar-refractivity contribution in [3.05, 3.63) is 62.5 Å². The van der Waals surface area contributed by atoms with Crippen LogP contribution in [0.3, 0.4) is 0 Å². The summed E-state index contributed by atoms with van der Waals surface area (Å²) >= 11 is 12.1. The second-order valence-electron chi connectivity index (χ2n) is 6.04. The summed E-state index contributed by atoms with van der Waals surface area (Å²) < 4.78 is 1.67. The van der Waals surface area contributed by atoms with Gasteiger partial charge in [-0.25, -0.2) is 0 Å². The maximum atomic E-state index is 13.0. The lowest BCUT2D eigenvalue weighted by Crippen LogP contribution is -2.54. The quantitative estimate of drug-likeness (QED) is 0.385. The molecule has 0 radical (unpaired) electrons. The number of amides is 2. The van der Waals surface area contributed by atoms with E-state index in [0.29, 0.717) is 5.69 Å². The molecule has 0 saturated carbocycles. The SMILES string of the molecule is CN(C)c1ccc(C=C2C(=O)NC(=S)N(c3cccc(Br)c3)C2=O)cc1Br. The first kappa shape index (κ1) is 19.7. The summed E-state index contributed by atoms with van der Waals surface area (Å²) in [6.45, 7) is 0. The zero-order chi connectivity index (χ0) is 19.7. The molecule has 0 aromatic heterocycles. The van der Waals surface area contributed by atoms with E-state index in [9.17, 15) is 9.59 Å². The van der Waals surface area contributed by atoms with E-state index in [1.165, 1.54) is 4.90 Å². The Labute approximate surface area is 179 Å². The number of carbonyl (C=O) groups excluding carboxylic acids is 2. The number of rotatable bonds is 3. The molecule has 1 heterocycles. The fourth-order valence-electron chi connectivity index (χ4n) is 2.65. The summed E-state index contributed by atoms with van der Waals surface area (Å²) in [5.41, 5.74) is 2.32. The molecule has 1 saturated heterocycles. The first-order valence-corrected chi connectivity index (χ1v) is 9.91. The molecule has 0 unspecified atom stereocenters.